The molecule has 1 heterocycles. The molecular formula is C64H41N. The maximum atomic E-state index is 2.49. The molecule has 1 heteroatoms. The molecule has 1 aromatic heterocycles. The fourth-order valence-electron chi connectivity index (χ4n) is 10.5. The molecular weight excluding hydrogens is 783 g/mol. The van der Waals surface area contributed by atoms with Crippen LogP contribution in [0.3, 0.4) is 0 Å². The van der Waals surface area contributed by atoms with Crippen molar-refractivity contribution in [3.05, 3.63) is 249 Å². The summed E-state index contributed by atoms with van der Waals surface area (Å²) >= 11 is 0. The minimum Gasteiger partial charge on any atom is -0.309 e. The van der Waals surface area contributed by atoms with Crippen molar-refractivity contribution in [3.63, 3.8) is 0 Å². The Balaban J connectivity index is 0.976. The van der Waals surface area contributed by atoms with Gasteiger partial charge in [0.2, 0.25) is 0 Å². The second-order valence-corrected chi connectivity index (χ2v) is 17.2. The second kappa shape index (κ2) is 15.1. The van der Waals surface area contributed by atoms with Gasteiger partial charge < -0.3 is 4.57 Å². The van der Waals surface area contributed by atoms with E-state index < -0.39 is 0 Å². The molecule has 0 N–H and O–H groups in total. The predicted molar refractivity (Wildman–Crippen MR) is 278 cm³/mol. The minimum atomic E-state index is 1.17. The highest BCUT2D eigenvalue weighted by Crippen LogP contribution is 2.42. The van der Waals surface area contributed by atoms with Crippen molar-refractivity contribution in [1.82, 2.24) is 4.57 Å². The van der Waals surface area contributed by atoms with Crippen molar-refractivity contribution in [2.24, 2.45) is 0 Å². The van der Waals surface area contributed by atoms with E-state index in [0.717, 1.165) is 0 Å². The minimum absolute atomic E-state index is 1.17. The van der Waals surface area contributed by atoms with Crippen molar-refractivity contribution in [2.45, 2.75) is 0 Å². The highest BCUT2D eigenvalue weighted by atomic mass is 15.0. The first-order chi connectivity index (χ1) is 32.2. The number of hydrogen-bond acceptors (Lipinski definition) is 0. The lowest BCUT2D eigenvalue weighted by Gasteiger charge is -2.16. The zero-order chi connectivity index (χ0) is 42.8. The molecule has 13 rings (SSSR count). The van der Waals surface area contributed by atoms with E-state index in [2.05, 4.69) is 253 Å². The van der Waals surface area contributed by atoms with Crippen molar-refractivity contribution >= 4 is 64.9 Å². The molecule has 0 amide bonds. The molecule has 0 atom stereocenters. The van der Waals surface area contributed by atoms with Gasteiger partial charge >= 0.3 is 0 Å². The van der Waals surface area contributed by atoms with Crippen molar-refractivity contribution < 1.29 is 0 Å². The highest BCUT2D eigenvalue weighted by molar-refractivity contribution is 6.14. The normalized spacial score (nSPS) is 11.7. The fourth-order valence-corrected chi connectivity index (χ4v) is 10.5. The molecule has 1 nitrogen and oxygen atoms in total. The van der Waals surface area contributed by atoms with Gasteiger partial charge in [0.05, 0.1) is 16.7 Å². The lowest BCUT2D eigenvalue weighted by atomic mass is 9.93. The monoisotopic (exact) mass is 823 g/mol. The van der Waals surface area contributed by atoms with E-state index in [1.54, 1.807) is 0 Å². The van der Waals surface area contributed by atoms with E-state index in [0.29, 0.717) is 0 Å². The van der Waals surface area contributed by atoms with Crippen LogP contribution in [0.15, 0.2) is 249 Å². The number of aromatic nitrogens is 1. The Bertz CT molecular complexity index is 3790. The van der Waals surface area contributed by atoms with Gasteiger partial charge in [0, 0.05) is 16.2 Å². The summed E-state index contributed by atoms with van der Waals surface area (Å²) in [7, 11) is 0. The molecule has 0 saturated heterocycles. The van der Waals surface area contributed by atoms with E-state index >= 15 is 0 Å². The Labute approximate surface area is 377 Å². The molecule has 0 unspecified atom stereocenters. The van der Waals surface area contributed by atoms with E-state index in [4.69, 9.17) is 0 Å². The number of nitrogens with zero attached hydrogens (tertiary/aromatic N) is 1. The zero-order valence-electron chi connectivity index (χ0n) is 35.6. The summed E-state index contributed by atoms with van der Waals surface area (Å²) in [5, 5.41) is 12.5. The van der Waals surface area contributed by atoms with Crippen LogP contribution in [0.2, 0.25) is 0 Å². The summed E-state index contributed by atoms with van der Waals surface area (Å²) in [6.45, 7) is 0. The summed E-state index contributed by atoms with van der Waals surface area (Å²) in [5.74, 6) is 0. The summed E-state index contributed by atoms with van der Waals surface area (Å²) in [5.41, 5.74) is 15.8. The van der Waals surface area contributed by atoms with Crippen LogP contribution in [-0.2, 0) is 0 Å². The van der Waals surface area contributed by atoms with Gasteiger partial charge in [-0.05, 0) is 124 Å². The van der Waals surface area contributed by atoms with Crippen LogP contribution in [0.1, 0.15) is 0 Å². The average molecular weight is 824 g/mol. The molecule has 13 aromatic rings. The van der Waals surface area contributed by atoms with Crippen molar-refractivity contribution in [2.75, 3.05) is 0 Å². The van der Waals surface area contributed by atoms with Crippen LogP contribution in [-0.4, -0.2) is 4.57 Å². The van der Waals surface area contributed by atoms with Gasteiger partial charge in [-0.15, -0.1) is 0 Å². The average Bonchev–Trinajstić information content (AvgIpc) is 3.70. The maximum absolute atomic E-state index is 2.49. The number of fused-ring (bicyclic) bond motifs is 7. The summed E-state index contributed by atoms with van der Waals surface area (Å²) in [4.78, 5) is 0. The summed E-state index contributed by atoms with van der Waals surface area (Å²) in [6, 6.07) is 91.6. The van der Waals surface area contributed by atoms with Crippen LogP contribution >= 0.6 is 0 Å². The lowest BCUT2D eigenvalue weighted by molar-refractivity contribution is 1.20. The molecule has 0 aliphatic carbocycles. The predicted octanol–water partition coefficient (Wildman–Crippen LogP) is 17.7. The van der Waals surface area contributed by atoms with E-state index in [1.807, 2.05) is 0 Å². The molecule has 12 aromatic carbocycles. The van der Waals surface area contributed by atoms with Gasteiger partial charge in [0.25, 0.3) is 0 Å². The van der Waals surface area contributed by atoms with Gasteiger partial charge in [0.1, 0.15) is 0 Å². The van der Waals surface area contributed by atoms with Crippen molar-refractivity contribution in [1.29, 1.82) is 0 Å². The third kappa shape index (κ3) is 6.16. The van der Waals surface area contributed by atoms with Crippen LogP contribution < -0.4 is 0 Å². The smallest absolute Gasteiger partial charge is 0.0541 e. The van der Waals surface area contributed by atoms with Gasteiger partial charge in [0.15, 0.2) is 0 Å². The van der Waals surface area contributed by atoms with Gasteiger partial charge in [-0.2, -0.15) is 0 Å². The fraction of sp³-hybridized carbons (Fsp3) is 0. The Morgan fingerprint density at radius 2 is 0.554 bits per heavy atom. The van der Waals surface area contributed by atoms with E-state index in [1.165, 1.54) is 126 Å². The van der Waals surface area contributed by atoms with Gasteiger partial charge in [-0.1, -0.05) is 218 Å². The van der Waals surface area contributed by atoms with Crippen molar-refractivity contribution in [3.8, 4) is 61.3 Å². The zero-order valence-corrected chi connectivity index (χ0v) is 35.6. The molecule has 0 aliphatic rings. The Kier molecular flexibility index (Phi) is 8.60. The first-order valence-corrected chi connectivity index (χ1v) is 22.5. The quantitative estimate of drug-likeness (QED) is 0.157. The summed E-state index contributed by atoms with van der Waals surface area (Å²) in [6.07, 6.45) is 0. The third-order valence-electron chi connectivity index (χ3n) is 13.6. The standard InChI is InChI=1S/C64H41N/c1-4-18-51-44(12-1)15-9-23-53(51)47-30-26-42(27-31-47)49-34-37-63-60(40-49)61-41-50(43-28-32-48(33-29-43)54-24-10-16-45-13-2-5-19-52(45)54)35-38-64(61)65(63)62-39-36-58(57-21-7-8-22-59(57)62)56-25-11-17-46-14-3-6-20-55(46)56/h1-41H. The molecule has 302 valence electrons. The number of hydrogen-bond donors (Lipinski definition) is 0. The number of benzene rings is 12. The summed E-state index contributed by atoms with van der Waals surface area (Å²) < 4.78 is 2.49. The Morgan fingerprint density at radius 1 is 0.200 bits per heavy atom. The molecule has 0 saturated carbocycles. The van der Waals surface area contributed by atoms with Crippen LogP contribution in [0.5, 0.6) is 0 Å². The highest BCUT2D eigenvalue weighted by Gasteiger charge is 2.19. The lowest BCUT2D eigenvalue weighted by Crippen LogP contribution is -1.96. The second-order valence-electron chi connectivity index (χ2n) is 17.2. The van der Waals surface area contributed by atoms with E-state index in [-0.39, 0.29) is 0 Å². The molecule has 0 bridgehead atoms. The molecule has 0 radical (unpaired) electrons. The Hall–Kier alpha value is -8.52. The molecule has 0 spiro atoms. The van der Waals surface area contributed by atoms with Crippen LogP contribution in [0.25, 0.3) is 126 Å². The van der Waals surface area contributed by atoms with Crippen LogP contribution in [0, 0.1) is 0 Å². The first-order valence-electron chi connectivity index (χ1n) is 22.5. The molecule has 0 fully saturated rings. The Morgan fingerprint density at radius 3 is 1.05 bits per heavy atom. The number of rotatable bonds is 6. The third-order valence-corrected chi connectivity index (χ3v) is 13.6. The first kappa shape index (κ1) is 37.1. The van der Waals surface area contributed by atoms with E-state index in [9.17, 15) is 0 Å². The van der Waals surface area contributed by atoms with Crippen LogP contribution in [0.4, 0.5) is 0 Å². The molecule has 0 aliphatic heterocycles. The largest absolute Gasteiger partial charge is 0.309 e. The molecule has 65 heavy (non-hydrogen) atoms. The van der Waals surface area contributed by atoms with Gasteiger partial charge in [-0.3, -0.25) is 0 Å². The maximum Gasteiger partial charge on any atom is 0.0541 e. The van der Waals surface area contributed by atoms with Gasteiger partial charge in [-0.25, -0.2) is 0 Å². The topological polar surface area (TPSA) is 4.93 Å². The SMILES string of the molecule is c1ccc2c(-c3ccc(-c4ccc5c(c4)c4cc(-c6ccc(-c7cccc8ccccc78)cc6)ccc4n5-c4ccc(-c5cccc6ccccc56)c5ccccc45)cc3)cccc2c1.